The average Bonchev–Trinajstić information content (AvgIpc) is 3.39. The van der Waals surface area contributed by atoms with Crippen LogP contribution < -0.4 is 4.72 Å². The molecule has 0 radical (unpaired) electrons. The molecule has 2 N–H and O–H groups in total. The van der Waals surface area contributed by atoms with Gasteiger partial charge in [-0.3, -0.25) is 14.5 Å². The van der Waals surface area contributed by atoms with Crippen LogP contribution in [0.1, 0.15) is 23.0 Å². The average molecular weight is 544 g/mol. The summed E-state index contributed by atoms with van der Waals surface area (Å²) in [6.07, 6.45) is 4.34. The highest BCUT2D eigenvalue weighted by Gasteiger charge is 2.38. The van der Waals surface area contributed by atoms with Crippen LogP contribution in [0.3, 0.4) is 0 Å². The van der Waals surface area contributed by atoms with Gasteiger partial charge in [0.1, 0.15) is 17.6 Å². The van der Waals surface area contributed by atoms with Crippen LogP contribution in [0.4, 0.5) is 4.39 Å². The Morgan fingerprint density at radius 1 is 1.52 bits per heavy atom. The number of rotatable bonds is 7. The molecule has 3 heterocycles. The maximum atomic E-state index is 13.7. The van der Waals surface area contributed by atoms with E-state index in [2.05, 4.69) is 30.5 Å². The number of aliphatic carboxylic acids is 1. The number of halogens is 3. The van der Waals surface area contributed by atoms with Crippen molar-refractivity contribution in [3.8, 4) is 0 Å². The molecule has 1 fully saturated rings. The van der Waals surface area contributed by atoms with Gasteiger partial charge in [0.15, 0.2) is 10.8 Å². The Morgan fingerprint density at radius 2 is 2.35 bits per heavy atom. The van der Waals surface area contributed by atoms with Gasteiger partial charge in [-0.2, -0.15) is 0 Å². The van der Waals surface area contributed by atoms with Gasteiger partial charge in [-0.05, 0) is 28.8 Å². The summed E-state index contributed by atoms with van der Waals surface area (Å²) >= 11 is 12.4. The Hall–Kier alpha value is -1.72. The van der Waals surface area contributed by atoms with Crippen LogP contribution in [-0.4, -0.2) is 45.1 Å². The molecule has 1 saturated heterocycles. The van der Waals surface area contributed by atoms with Crippen molar-refractivity contribution in [2.45, 2.75) is 18.5 Å². The van der Waals surface area contributed by atoms with Crippen LogP contribution in [-0.2, 0) is 4.79 Å². The SMILES string of the molecule is O=C(O)CSNC1CC2=C(/C=C/Br)[C@H](c3ccc(F)cc3Cl)N=C(c3nccs3)N2C1. The summed E-state index contributed by atoms with van der Waals surface area (Å²) in [7, 11) is 0. The van der Waals surface area contributed by atoms with Gasteiger partial charge in [0.2, 0.25) is 0 Å². The lowest BCUT2D eigenvalue weighted by atomic mass is 9.94. The second kappa shape index (κ2) is 9.83. The van der Waals surface area contributed by atoms with E-state index in [0.29, 0.717) is 23.6 Å². The first-order valence-electron chi connectivity index (χ1n) is 9.27. The lowest BCUT2D eigenvalue weighted by molar-refractivity contribution is -0.133. The second-order valence-electron chi connectivity index (χ2n) is 6.86. The third-order valence-electron chi connectivity index (χ3n) is 4.87. The van der Waals surface area contributed by atoms with Gasteiger partial charge >= 0.3 is 5.97 Å². The summed E-state index contributed by atoms with van der Waals surface area (Å²) in [5.74, 6) is -0.563. The largest absolute Gasteiger partial charge is 0.481 e. The van der Waals surface area contributed by atoms with Crippen molar-refractivity contribution >= 4 is 62.6 Å². The summed E-state index contributed by atoms with van der Waals surface area (Å²) < 4.78 is 16.9. The monoisotopic (exact) mass is 542 g/mol. The third-order valence-corrected chi connectivity index (χ3v) is 7.12. The zero-order valence-corrected chi connectivity index (χ0v) is 19.9. The van der Waals surface area contributed by atoms with E-state index in [-0.39, 0.29) is 11.8 Å². The predicted molar refractivity (Wildman–Crippen MR) is 126 cm³/mol. The number of carboxylic acid groups (broad SMARTS) is 1. The summed E-state index contributed by atoms with van der Waals surface area (Å²) in [6, 6.07) is 3.96. The number of nitrogens with zero attached hydrogens (tertiary/aromatic N) is 3. The number of benzene rings is 1. The topological polar surface area (TPSA) is 77.8 Å². The number of aliphatic imine (C=N–C) groups is 1. The van der Waals surface area contributed by atoms with Gasteiger partial charge in [-0.1, -0.05) is 45.5 Å². The van der Waals surface area contributed by atoms with Crippen molar-refractivity contribution in [1.29, 1.82) is 0 Å². The molecule has 31 heavy (non-hydrogen) atoms. The minimum absolute atomic E-state index is 0.0229. The van der Waals surface area contributed by atoms with E-state index in [4.69, 9.17) is 21.7 Å². The summed E-state index contributed by atoms with van der Waals surface area (Å²) in [6.45, 7) is 0.629. The maximum Gasteiger partial charge on any atom is 0.314 e. The molecule has 0 bridgehead atoms. The number of nitrogens with one attached hydrogen (secondary N) is 1. The molecule has 4 rings (SSSR count). The number of aromatic nitrogens is 1. The Kier molecular flexibility index (Phi) is 7.12. The fraction of sp³-hybridized carbons (Fsp3) is 0.250. The number of hydrogen-bond donors (Lipinski definition) is 2. The number of fused-ring (bicyclic) bond motifs is 1. The van der Waals surface area contributed by atoms with Crippen LogP contribution in [0.5, 0.6) is 0 Å². The summed E-state index contributed by atoms with van der Waals surface area (Å²) in [4.78, 5) is 24.2. The first kappa shape index (κ1) is 22.5. The number of amidine groups is 1. The summed E-state index contributed by atoms with van der Waals surface area (Å²) in [5, 5.41) is 11.9. The second-order valence-corrected chi connectivity index (χ2v) is 9.51. The highest BCUT2D eigenvalue weighted by molar-refractivity contribution is 9.11. The van der Waals surface area contributed by atoms with Crippen molar-refractivity contribution < 1.29 is 14.3 Å². The van der Waals surface area contributed by atoms with E-state index in [1.54, 1.807) is 17.2 Å². The van der Waals surface area contributed by atoms with Gasteiger partial charge in [0, 0.05) is 46.9 Å². The van der Waals surface area contributed by atoms with E-state index < -0.39 is 17.8 Å². The summed E-state index contributed by atoms with van der Waals surface area (Å²) in [5.41, 5.74) is 2.70. The smallest absolute Gasteiger partial charge is 0.314 e. The molecule has 2 aliphatic heterocycles. The van der Waals surface area contributed by atoms with Gasteiger partial charge in [-0.25, -0.2) is 9.37 Å². The number of hydrogen-bond acceptors (Lipinski definition) is 7. The van der Waals surface area contributed by atoms with Crippen LogP contribution in [0.2, 0.25) is 5.02 Å². The van der Waals surface area contributed by atoms with Crippen LogP contribution in [0.15, 0.2) is 57.1 Å². The van der Waals surface area contributed by atoms with Gasteiger partial charge < -0.3 is 10.0 Å². The van der Waals surface area contributed by atoms with Gasteiger partial charge in [0.05, 0.1) is 0 Å². The minimum atomic E-state index is -0.869. The van der Waals surface area contributed by atoms with Gasteiger partial charge in [-0.15, -0.1) is 11.3 Å². The molecule has 6 nitrogen and oxygen atoms in total. The highest BCUT2D eigenvalue weighted by Crippen LogP contribution is 2.43. The molecule has 0 amide bonds. The molecular formula is C20H17BrClFN4O2S2. The molecule has 0 aliphatic carbocycles. The Bertz CT molecular complexity index is 1080. The minimum Gasteiger partial charge on any atom is -0.481 e. The first-order chi connectivity index (χ1) is 15.0. The Morgan fingerprint density at radius 3 is 3.03 bits per heavy atom. The third kappa shape index (κ3) is 4.88. The van der Waals surface area contributed by atoms with Crippen molar-refractivity contribution in [1.82, 2.24) is 14.6 Å². The highest BCUT2D eigenvalue weighted by atomic mass is 79.9. The molecule has 0 spiro atoms. The molecule has 11 heteroatoms. The quantitative estimate of drug-likeness (QED) is 0.479. The number of carboxylic acids is 1. The van der Waals surface area contributed by atoms with Gasteiger partial charge in [0.25, 0.3) is 0 Å². The van der Waals surface area contributed by atoms with E-state index in [0.717, 1.165) is 22.1 Å². The fourth-order valence-corrected chi connectivity index (χ4v) is 5.46. The number of thiazole rings is 1. The molecule has 2 atom stereocenters. The van der Waals surface area contributed by atoms with Crippen molar-refractivity contribution in [3.05, 3.63) is 73.5 Å². The first-order valence-corrected chi connectivity index (χ1v) is 12.4. The van der Waals surface area contributed by atoms with E-state index in [9.17, 15) is 9.18 Å². The Labute approximate surface area is 200 Å². The van der Waals surface area contributed by atoms with Crippen molar-refractivity contribution in [3.63, 3.8) is 0 Å². The molecule has 1 aromatic heterocycles. The molecule has 162 valence electrons. The molecule has 2 aliphatic rings. The lowest BCUT2D eigenvalue weighted by Crippen LogP contribution is -2.35. The normalized spacial score (nSPS) is 21.0. The van der Waals surface area contributed by atoms with Crippen molar-refractivity contribution in [2.24, 2.45) is 4.99 Å². The van der Waals surface area contributed by atoms with Crippen LogP contribution in [0.25, 0.3) is 0 Å². The molecule has 0 saturated carbocycles. The standard InChI is InChI=1S/C20H17BrClFN4O2S2/c21-4-3-14-16-8-12(26-31-10-17(28)29)9-27(16)19(20-24-5-6-30-20)25-18(14)13-2-1-11(23)7-15(13)22/h1-7,12,18,26H,8-10H2,(H,28,29)/b4-3+/t12?,18-/m0/s1. The zero-order valence-electron chi connectivity index (χ0n) is 16.0. The van der Waals surface area contributed by atoms with Crippen molar-refractivity contribution in [2.75, 3.05) is 12.3 Å². The molecular weight excluding hydrogens is 527 g/mol. The van der Waals surface area contributed by atoms with E-state index in [1.807, 2.05) is 11.5 Å². The molecule has 2 aromatic rings. The molecule has 1 unspecified atom stereocenters. The maximum absolute atomic E-state index is 13.7. The van der Waals surface area contributed by atoms with Crippen LogP contribution in [0, 0.1) is 5.82 Å². The predicted octanol–water partition coefficient (Wildman–Crippen LogP) is 5.00. The molecule has 1 aromatic carbocycles. The fourth-order valence-electron chi connectivity index (χ4n) is 3.67. The van der Waals surface area contributed by atoms with E-state index >= 15 is 0 Å². The lowest BCUT2D eigenvalue weighted by Gasteiger charge is -2.31. The zero-order chi connectivity index (χ0) is 22.0. The van der Waals surface area contributed by atoms with Crippen LogP contribution >= 0.6 is 50.8 Å². The number of carbonyl (C=O) groups is 1. The Balaban J connectivity index is 1.76. The van der Waals surface area contributed by atoms with E-state index in [1.165, 1.54) is 35.4 Å².